The summed E-state index contributed by atoms with van der Waals surface area (Å²) in [4.78, 5) is 115. The maximum absolute atomic E-state index is 15.4. The molecular weight excluding hydrogens is 1080 g/mol. The quantitative estimate of drug-likeness (QED) is 0.0335. The van der Waals surface area contributed by atoms with Crippen LogP contribution in [-0.2, 0) is 36.7 Å². The number of carbonyl (C=O) groups is 8. The summed E-state index contributed by atoms with van der Waals surface area (Å²) in [7, 11) is 1.52. The maximum Gasteiger partial charge on any atom is 0.407 e. The predicted octanol–water partition coefficient (Wildman–Crippen LogP) is 11.7. The summed E-state index contributed by atoms with van der Waals surface area (Å²) in [6.07, 6.45) is 2.62. The number of unbranched alkanes of at least 4 members (excludes halogenated alkanes) is 1. The molecule has 5 aromatic rings. The standard InChI is InChI=1S/C68H83N5O12/c1-11-13-17-44-21-24-46(25-22-44)47-26-28-48(29-27-47)56(74)41-50(18-16-33-69-65(80)84-67(4,5)6)62(77)72(10)60-49-30-32-59(82-35-12-2)55(40-49)54-39-45(23-31-58(54)83-36-34-70-66(81)85-68(7,8)9)38-51(71-61(76)43(3)37-57(60)75)42-73-63(78)52-19-14-15-20-53(52)64(73)79/h14-15,19-32,39-40,43,50-51,60H,11-13,16-18,33-38,41-42H2,1-10H3,(H,69,80)(H,70,81)(H,71,76)/t43-,50-,51+,60+/m1/s1. The number of fused-ring (bicyclic) bond motifs is 6. The van der Waals surface area contributed by atoms with Gasteiger partial charge < -0.3 is 39.8 Å². The van der Waals surface area contributed by atoms with Crippen LogP contribution in [0.25, 0.3) is 22.3 Å². The molecule has 6 amide bonds. The average molecular weight is 1160 g/mol. The molecule has 2 aliphatic rings. The summed E-state index contributed by atoms with van der Waals surface area (Å²) in [5.74, 6) is -3.93. The van der Waals surface area contributed by atoms with E-state index in [9.17, 15) is 28.8 Å². The SMILES string of the molecule is CCCCc1ccc(-c2ccc(C(=O)C[C@@H](CCCNC(=O)OC(C)(C)C)C(=O)N(C)[C@@H]3C(=O)C[C@@H](C)C(=O)N[C@H](CN4C(=O)c5ccccc5C4=O)Cc4ccc(OCCNC(=O)OC(C)(C)C)c(c4)-c4cc3ccc4OCCC)cc2)cc1. The molecule has 4 atom stereocenters. The molecule has 3 N–H and O–H groups in total. The van der Waals surface area contributed by atoms with E-state index in [0.29, 0.717) is 52.3 Å². The lowest BCUT2D eigenvalue weighted by molar-refractivity contribution is -0.142. The fraction of sp³-hybridized carbons (Fsp3) is 0.441. The number of imide groups is 1. The van der Waals surface area contributed by atoms with Gasteiger partial charge in [0.05, 0.1) is 30.3 Å². The van der Waals surface area contributed by atoms with Gasteiger partial charge in [-0.15, -0.1) is 0 Å². The Labute approximate surface area is 499 Å². The number of benzene rings is 5. The third kappa shape index (κ3) is 17.6. The highest BCUT2D eigenvalue weighted by atomic mass is 16.6. The van der Waals surface area contributed by atoms with Crippen LogP contribution < -0.4 is 25.4 Å². The first-order valence-corrected chi connectivity index (χ1v) is 29.7. The highest BCUT2D eigenvalue weighted by Gasteiger charge is 2.39. The first-order chi connectivity index (χ1) is 40.4. The number of hydrogen-bond donors (Lipinski definition) is 3. The molecule has 85 heavy (non-hydrogen) atoms. The lowest BCUT2D eigenvalue weighted by atomic mass is 9.88. The van der Waals surface area contributed by atoms with Crippen molar-refractivity contribution >= 4 is 47.4 Å². The molecule has 17 heteroatoms. The van der Waals surface area contributed by atoms with Crippen LogP contribution >= 0.6 is 0 Å². The van der Waals surface area contributed by atoms with E-state index in [0.717, 1.165) is 35.3 Å². The number of aryl methyl sites for hydroxylation is 1. The number of ketones is 2. The van der Waals surface area contributed by atoms with Crippen LogP contribution in [-0.4, -0.2) is 114 Å². The zero-order chi connectivity index (χ0) is 61.6. The zero-order valence-electron chi connectivity index (χ0n) is 50.9. The second-order valence-corrected chi connectivity index (χ2v) is 24.1. The van der Waals surface area contributed by atoms with Crippen molar-refractivity contribution in [3.63, 3.8) is 0 Å². The minimum absolute atomic E-state index is 0.00955. The average Bonchev–Trinajstić information content (AvgIpc) is 3.19. The Hall–Kier alpha value is -8.34. The van der Waals surface area contributed by atoms with E-state index in [2.05, 4.69) is 47.1 Å². The van der Waals surface area contributed by atoms with E-state index >= 15 is 9.59 Å². The first-order valence-electron chi connectivity index (χ1n) is 29.7. The van der Waals surface area contributed by atoms with E-state index in [1.54, 1.807) is 109 Å². The molecule has 0 fully saturated rings. The van der Waals surface area contributed by atoms with Crippen molar-refractivity contribution in [3.05, 3.63) is 143 Å². The van der Waals surface area contributed by atoms with Crippen molar-refractivity contribution in [3.8, 4) is 33.8 Å². The van der Waals surface area contributed by atoms with Crippen LogP contribution in [0.1, 0.15) is 161 Å². The van der Waals surface area contributed by atoms with E-state index < -0.39 is 76.7 Å². The summed E-state index contributed by atoms with van der Waals surface area (Å²) in [6, 6.07) is 30.7. The molecule has 0 unspecified atom stereocenters. The number of likely N-dealkylation sites (N-methyl/N-ethyl adjacent to an activating group) is 1. The molecule has 0 spiro atoms. The van der Waals surface area contributed by atoms with Gasteiger partial charge in [-0.3, -0.25) is 33.7 Å². The molecule has 4 bridgehead atoms. The number of Topliss-reactive ketones (excluding diaryl/α,β-unsaturated/α-hetero) is 2. The van der Waals surface area contributed by atoms with Crippen LogP contribution in [0.3, 0.4) is 0 Å². The number of hydrogen-bond acceptors (Lipinski definition) is 12. The second kappa shape index (κ2) is 29.0. The van der Waals surface area contributed by atoms with Gasteiger partial charge in [0.25, 0.3) is 11.8 Å². The van der Waals surface area contributed by atoms with Gasteiger partial charge >= 0.3 is 12.2 Å². The predicted molar refractivity (Wildman–Crippen MR) is 326 cm³/mol. The third-order valence-corrected chi connectivity index (χ3v) is 14.7. The first kappa shape index (κ1) is 64.2. The summed E-state index contributed by atoms with van der Waals surface area (Å²) in [5, 5.41) is 8.55. The molecule has 0 aliphatic carbocycles. The van der Waals surface area contributed by atoms with E-state index in [4.69, 9.17) is 18.9 Å². The van der Waals surface area contributed by atoms with Gasteiger partial charge in [-0.25, -0.2) is 9.59 Å². The molecule has 7 rings (SSSR count). The van der Waals surface area contributed by atoms with Crippen LogP contribution in [0.4, 0.5) is 9.59 Å². The highest BCUT2D eigenvalue weighted by molar-refractivity contribution is 6.21. The van der Waals surface area contributed by atoms with Crippen LogP contribution in [0.5, 0.6) is 11.5 Å². The Bertz CT molecular complexity index is 3180. The van der Waals surface area contributed by atoms with Gasteiger partial charge in [-0.05, 0) is 144 Å². The monoisotopic (exact) mass is 1160 g/mol. The number of alkyl carbamates (subject to hydrolysis) is 2. The largest absolute Gasteiger partial charge is 0.493 e. The normalized spacial score (nSPS) is 16.5. The molecule has 0 saturated carbocycles. The second-order valence-electron chi connectivity index (χ2n) is 24.1. The molecule has 2 aliphatic heterocycles. The Morgan fingerprint density at radius 3 is 1.85 bits per heavy atom. The summed E-state index contributed by atoms with van der Waals surface area (Å²) in [6.45, 7) is 16.6. The Morgan fingerprint density at radius 2 is 1.25 bits per heavy atom. The van der Waals surface area contributed by atoms with Crippen molar-refractivity contribution < 1.29 is 57.3 Å². The summed E-state index contributed by atoms with van der Waals surface area (Å²) < 4.78 is 23.7. The third-order valence-electron chi connectivity index (χ3n) is 14.7. The lowest BCUT2D eigenvalue weighted by Gasteiger charge is -2.32. The van der Waals surface area contributed by atoms with Gasteiger partial charge in [-0.1, -0.05) is 100.0 Å². The topological polar surface area (TPSA) is 216 Å². The van der Waals surface area contributed by atoms with Gasteiger partial charge in [0.2, 0.25) is 11.8 Å². The minimum atomic E-state index is -1.31. The van der Waals surface area contributed by atoms with Gasteiger partial charge in [0.15, 0.2) is 11.6 Å². The molecule has 0 saturated heterocycles. The van der Waals surface area contributed by atoms with Gasteiger partial charge in [-0.2, -0.15) is 0 Å². The smallest absolute Gasteiger partial charge is 0.407 e. The van der Waals surface area contributed by atoms with Crippen LogP contribution in [0.2, 0.25) is 0 Å². The summed E-state index contributed by atoms with van der Waals surface area (Å²) >= 11 is 0. The van der Waals surface area contributed by atoms with Crippen LogP contribution in [0, 0.1) is 11.8 Å². The highest BCUT2D eigenvalue weighted by Crippen LogP contribution is 2.41. The molecular formula is C68H83N5O12. The number of carbonyl (C=O) groups excluding carboxylic acids is 8. The minimum Gasteiger partial charge on any atom is -0.493 e. The van der Waals surface area contributed by atoms with E-state index in [1.807, 2.05) is 31.2 Å². The van der Waals surface area contributed by atoms with Crippen molar-refractivity contribution in [2.24, 2.45) is 11.8 Å². The van der Waals surface area contributed by atoms with Crippen molar-refractivity contribution in [2.45, 2.75) is 143 Å². The van der Waals surface area contributed by atoms with Gasteiger partial charge in [0.1, 0.15) is 35.3 Å². The summed E-state index contributed by atoms with van der Waals surface area (Å²) in [5.41, 5.74) is 4.72. The molecule has 5 aromatic carbocycles. The number of amides is 6. The van der Waals surface area contributed by atoms with Crippen molar-refractivity contribution in [1.29, 1.82) is 0 Å². The molecule has 2 heterocycles. The zero-order valence-corrected chi connectivity index (χ0v) is 50.9. The fourth-order valence-electron chi connectivity index (χ4n) is 10.5. The number of ether oxygens (including phenoxy) is 4. The molecule has 0 radical (unpaired) electrons. The van der Waals surface area contributed by atoms with Crippen molar-refractivity contribution in [1.82, 2.24) is 25.8 Å². The maximum atomic E-state index is 15.4. The molecule has 452 valence electrons. The Morgan fingerprint density at radius 1 is 0.671 bits per heavy atom. The Balaban J connectivity index is 1.26. The molecule has 0 aromatic heterocycles. The number of nitrogens with one attached hydrogen (secondary N) is 3. The van der Waals surface area contributed by atoms with E-state index in [-0.39, 0.29) is 75.3 Å². The lowest BCUT2D eigenvalue weighted by Crippen LogP contribution is -2.48. The van der Waals surface area contributed by atoms with Gasteiger partial charge in [0, 0.05) is 61.5 Å². The fourth-order valence-corrected chi connectivity index (χ4v) is 10.5. The molecule has 17 nitrogen and oxygen atoms in total. The number of rotatable bonds is 22. The van der Waals surface area contributed by atoms with Crippen molar-refractivity contribution in [2.75, 3.05) is 39.9 Å². The van der Waals surface area contributed by atoms with E-state index in [1.165, 1.54) is 17.5 Å². The number of nitrogens with zero attached hydrogens (tertiary/aromatic N) is 2. The Kier molecular flexibility index (Phi) is 21.9. The van der Waals surface area contributed by atoms with Crippen LogP contribution in [0.15, 0.2) is 109 Å².